The molecule has 0 aliphatic carbocycles. The van der Waals surface area contributed by atoms with Crippen molar-refractivity contribution in [3.63, 3.8) is 0 Å². The van der Waals surface area contributed by atoms with Crippen molar-refractivity contribution >= 4 is 5.91 Å². The Bertz CT molecular complexity index is 1150. The third-order valence-electron chi connectivity index (χ3n) is 7.28. The van der Waals surface area contributed by atoms with Crippen LogP contribution in [0, 0.1) is 5.82 Å². The maximum atomic E-state index is 13.6. The van der Waals surface area contributed by atoms with Crippen molar-refractivity contribution in [2.45, 2.75) is 36.9 Å². The topological polar surface area (TPSA) is 26.8 Å². The van der Waals surface area contributed by atoms with Gasteiger partial charge in [0.05, 0.1) is 17.7 Å². The summed E-state index contributed by atoms with van der Waals surface area (Å²) in [5.74, 6) is -2.06. The van der Waals surface area contributed by atoms with Crippen molar-refractivity contribution in [1.82, 2.24) is 14.7 Å². The van der Waals surface area contributed by atoms with Crippen LogP contribution in [0.5, 0.6) is 0 Å². The van der Waals surface area contributed by atoms with E-state index in [-0.39, 0.29) is 57.8 Å². The molecule has 2 saturated heterocycles. The molecule has 40 heavy (non-hydrogen) atoms. The second kappa shape index (κ2) is 11.2. The third kappa shape index (κ3) is 7.25. The second-order valence-corrected chi connectivity index (χ2v) is 9.99. The number of rotatable bonds is 4. The molecule has 2 aliphatic heterocycles. The van der Waals surface area contributed by atoms with E-state index in [2.05, 4.69) is 0 Å². The van der Waals surface area contributed by atoms with E-state index in [0.29, 0.717) is 17.7 Å². The highest BCUT2D eigenvalue weighted by atomic mass is 19.4. The zero-order chi connectivity index (χ0) is 29.5. The Labute approximate surface area is 223 Å². The number of carbonyl (C=O) groups is 1. The standard InChI is InChI=1S/C26H25F10N3O/c27-20-3-1-16(2-4-20)21-14-39(6-5-22(21)38-9-7-37(8-10-38)15-24(28,29)30)23(40)17-11-18(25(31,32)33)13-19(12-17)26(34,35)36/h1-4,11-13,21-22H,5-10,14-15H2/t21-,22-/m0/s1. The van der Waals surface area contributed by atoms with Crippen LogP contribution in [0.4, 0.5) is 43.9 Å². The number of carbonyl (C=O) groups excluding carboxylic acids is 1. The van der Waals surface area contributed by atoms with Gasteiger partial charge < -0.3 is 4.90 Å². The van der Waals surface area contributed by atoms with Crippen LogP contribution in [0.25, 0.3) is 0 Å². The molecule has 0 aromatic heterocycles. The van der Waals surface area contributed by atoms with E-state index in [9.17, 15) is 48.7 Å². The molecule has 0 N–H and O–H groups in total. The van der Waals surface area contributed by atoms with Crippen LogP contribution >= 0.6 is 0 Å². The van der Waals surface area contributed by atoms with Gasteiger partial charge in [-0.05, 0) is 42.3 Å². The van der Waals surface area contributed by atoms with E-state index in [1.54, 1.807) is 0 Å². The van der Waals surface area contributed by atoms with Crippen LogP contribution in [0.15, 0.2) is 42.5 Å². The first-order chi connectivity index (χ1) is 18.5. The molecule has 0 unspecified atom stereocenters. The maximum absolute atomic E-state index is 13.6. The van der Waals surface area contributed by atoms with Gasteiger partial charge >= 0.3 is 18.5 Å². The van der Waals surface area contributed by atoms with Crippen LogP contribution in [0.3, 0.4) is 0 Å². The lowest BCUT2D eigenvalue weighted by molar-refractivity contribution is -0.150. The second-order valence-electron chi connectivity index (χ2n) is 9.99. The minimum Gasteiger partial charge on any atom is -0.338 e. The Kier molecular flexibility index (Phi) is 8.42. The first-order valence-corrected chi connectivity index (χ1v) is 12.4. The summed E-state index contributed by atoms with van der Waals surface area (Å²) in [7, 11) is 0. The number of alkyl halides is 9. The van der Waals surface area contributed by atoms with Crippen LogP contribution in [-0.4, -0.2) is 78.6 Å². The van der Waals surface area contributed by atoms with Crippen molar-refractivity contribution < 1.29 is 48.7 Å². The fourth-order valence-electron chi connectivity index (χ4n) is 5.37. The molecule has 0 spiro atoms. The zero-order valence-electron chi connectivity index (χ0n) is 20.9. The molecule has 4 rings (SSSR count). The van der Waals surface area contributed by atoms with Crippen molar-refractivity contribution in [3.05, 3.63) is 70.5 Å². The van der Waals surface area contributed by atoms with Crippen molar-refractivity contribution in [1.29, 1.82) is 0 Å². The molecular formula is C26H25F10N3O. The monoisotopic (exact) mass is 585 g/mol. The van der Waals surface area contributed by atoms with Gasteiger partial charge in [0, 0.05) is 56.8 Å². The highest BCUT2D eigenvalue weighted by Crippen LogP contribution is 2.38. The molecule has 2 aromatic carbocycles. The molecule has 2 fully saturated rings. The van der Waals surface area contributed by atoms with Crippen molar-refractivity contribution in [3.8, 4) is 0 Å². The Morgan fingerprint density at radius 1 is 0.775 bits per heavy atom. The van der Waals surface area contributed by atoms with E-state index in [1.165, 1.54) is 34.1 Å². The third-order valence-corrected chi connectivity index (χ3v) is 7.28. The van der Waals surface area contributed by atoms with Crippen molar-refractivity contribution in [2.24, 2.45) is 0 Å². The summed E-state index contributed by atoms with van der Waals surface area (Å²) in [5.41, 5.74) is -3.39. The van der Waals surface area contributed by atoms with Gasteiger partial charge in [-0.2, -0.15) is 39.5 Å². The van der Waals surface area contributed by atoms with E-state index in [0.717, 1.165) is 0 Å². The molecule has 1 amide bonds. The summed E-state index contributed by atoms with van der Waals surface area (Å²) in [6.45, 7) is -0.286. The molecule has 4 nitrogen and oxygen atoms in total. The lowest BCUT2D eigenvalue weighted by atomic mass is 9.84. The summed E-state index contributed by atoms with van der Waals surface area (Å²) in [6, 6.07) is 5.76. The highest BCUT2D eigenvalue weighted by molar-refractivity contribution is 5.95. The first-order valence-electron chi connectivity index (χ1n) is 12.4. The Morgan fingerprint density at radius 3 is 1.82 bits per heavy atom. The lowest BCUT2D eigenvalue weighted by Gasteiger charge is -2.47. The van der Waals surface area contributed by atoms with Gasteiger partial charge in [0.2, 0.25) is 0 Å². The summed E-state index contributed by atoms with van der Waals surface area (Å²) in [4.78, 5) is 17.7. The summed E-state index contributed by atoms with van der Waals surface area (Å²) < 4.78 is 132. The number of nitrogens with zero attached hydrogens (tertiary/aromatic N) is 3. The smallest absolute Gasteiger partial charge is 0.338 e. The van der Waals surface area contributed by atoms with E-state index < -0.39 is 59.4 Å². The number of hydrogen-bond donors (Lipinski definition) is 0. The average molecular weight is 585 g/mol. The minimum absolute atomic E-state index is 0.00154. The number of halogens is 10. The largest absolute Gasteiger partial charge is 0.416 e. The normalized spacial score (nSPS) is 22.0. The molecular weight excluding hydrogens is 560 g/mol. The minimum atomic E-state index is -5.12. The van der Waals surface area contributed by atoms with Gasteiger partial charge in [-0.3, -0.25) is 14.6 Å². The zero-order valence-corrected chi connectivity index (χ0v) is 20.9. The number of amides is 1. The Balaban J connectivity index is 1.59. The number of benzene rings is 2. The summed E-state index contributed by atoms with van der Waals surface area (Å²) in [6.07, 6.45) is -14.3. The van der Waals surface area contributed by atoms with Crippen LogP contribution in [0.2, 0.25) is 0 Å². The predicted molar refractivity (Wildman–Crippen MR) is 124 cm³/mol. The lowest BCUT2D eigenvalue weighted by Crippen LogP contribution is -2.57. The van der Waals surface area contributed by atoms with Crippen LogP contribution in [0.1, 0.15) is 39.4 Å². The van der Waals surface area contributed by atoms with Gasteiger partial charge in [-0.25, -0.2) is 4.39 Å². The number of hydrogen-bond acceptors (Lipinski definition) is 3. The van der Waals surface area contributed by atoms with Gasteiger partial charge in [-0.15, -0.1) is 0 Å². The molecule has 0 radical (unpaired) electrons. The number of likely N-dealkylation sites (tertiary alicyclic amines) is 1. The Morgan fingerprint density at radius 2 is 1.32 bits per heavy atom. The van der Waals surface area contributed by atoms with Gasteiger partial charge in [0.1, 0.15) is 5.82 Å². The molecule has 14 heteroatoms. The van der Waals surface area contributed by atoms with E-state index in [1.807, 2.05) is 4.90 Å². The molecule has 2 aromatic rings. The average Bonchev–Trinajstić information content (AvgIpc) is 2.87. The predicted octanol–water partition coefficient (Wildman–Crippen LogP) is 6.04. The molecule has 0 saturated carbocycles. The van der Waals surface area contributed by atoms with Crippen LogP contribution in [-0.2, 0) is 12.4 Å². The maximum Gasteiger partial charge on any atom is 0.416 e. The van der Waals surface area contributed by atoms with Gasteiger partial charge in [0.15, 0.2) is 0 Å². The summed E-state index contributed by atoms with van der Waals surface area (Å²) >= 11 is 0. The van der Waals surface area contributed by atoms with Crippen LogP contribution < -0.4 is 0 Å². The van der Waals surface area contributed by atoms with E-state index in [4.69, 9.17) is 0 Å². The van der Waals surface area contributed by atoms with Gasteiger partial charge in [0.25, 0.3) is 5.91 Å². The summed E-state index contributed by atoms with van der Waals surface area (Å²) in [5, 5.41) is 0. The number of piperazine rings is 1. The molecule has 2 aliphatic rings. The van der Waals surface area contributed by atoms with Gasteiger partial charge in [-0.1, -0.05) is 12.1 Å². The molecule has 2 atom stereocenters. The molecule has 0 bridgehead atoms. The molecule has 220 valence electrons. The number of piperidine rings is 1. The first kappa shape index (κ1) is 30.1. The molecule has 2 heterocycles. The van der Waals surface area contributed by atoms with E-state index >= 15 is 0 Å². The quantitative estimate of drug-likeness (QED) is 0.410. The highest BCUT2D eigenvalue weighted by Gasteiger charge is 2.41. The Hall–Kier alpha value is -2.87. The SMILES string of the molecule is O=C(c1cc(C(F)(F)F)cc(C(F)(F)F)c1)N1CC[C@H](N2CCN(CC(F)(F)F)CC2)[C@H](c2ccc(F)cc2)C1. The van der Waals surface area contributed by atoms with Crippen molar-refractivity contribution in [2.75, 3.05) is 45.8 Å². The fraction of sp³-hybridized carbons (Fsp3) is 0.500. The fourth-order valence-corrected chi connectivity index (χ4v) is 5.37.